The molecule has 1 aromatic rings. The van der Waals surface area contributed by atoms with Gasteiger partial charge in [0, 0.05) is 51.4 Å². The molecule has 9 nitrogen and oxygen atoms in total. The molecule has 1 unspecified atom stereocenters. The lowest BCUT2D eigenvalue weighted by Gasteiger charge is -2.38. The van der Waals surface area contributed by atoms with E-state index in [0.29, 0.717) is 12.0 Å². The first-order chi connectivity index (χ1) is 18.9. The highest BCUT2D eigenvalue weighted by atomic mass is 19.4. The molecule has 1 heterocycles. The second-order valence-corrected chi connectivity index (χ2v) is 11.7. The first-order valence-corrected chi connectivity index (χ1v) is 13.9. The maximum atomic E-state index is 14.3. The maximum absolute atomic E-state index is 14.3. The van der Waals surface area contributed by atoms with E-state index in [0.717, 1.165) is 12.1 Å². The van der Waals surface area contributed by atoms with Crippen molar-refractivity contribution in [1.82, 2.24) is 9.80 Å². The molecule has 2 rings (SSSR count). The number of fused-ring (bicyclic) bond motifs is 1. The second-order valence-electron chi connectivity index (χ2n) is 11.7. The van der Waals surface area contributed by atoms with Crippen LogP contribution in [0.25, 0.3) is 0 Å². The SMILES string of the molecule is CC[C@H](CN(C)C(=O)OC(C)(C)C)N(C(=O)c1cc2c(cc1C(F)(F)F)CCC(=O)N2CCC(O)COC)C(C)C. The Labute approximate surface area is 240 Å². The van der Waals surface area contributed by atoms with Crippen LogP contribution in [0, 0.1) is 0 Å². The maximum Gasteiger partial charge on any atom is 0.417 e. The number of hydrogen-bond acceptors (Lipinski definition) is 6. The molecule has 0 bridgehead atoms. The molecule has 0 fully saturated rings. The Morgan fingerprint density at radius 1 is 1.15 bits per heavy atom. The summed E-state index contributed by atoms with van der Waals surface area (Å²) < 4.78 is 53.4. The minimum absolute atomic E-state index is 0.0188. The fraction of sp³-hybridized carbons (Fsp3) is 0.690. The van der Waals surface area contributed by atoms with Crippen molar-refractivity contribution < 1.29 is 42.1 Å². The number of halogens is 3. The summed E-state index contributed by atoms with van der Waals surface area (Å²) in [5.74, 6) is -1.15. The molecule has 0 radical (unpaired) electrons. The molecule has 3 amide bonds. The van der Waals surface area contributed by atoms with Crippen LogP contribution in [0.4, 0.5) is 23.7 Å². The van der Waals surface area contributed by atoms with Gasteiger partial charge >= 0.3 is 12.3 Å². The molecule has 0 saturated heterocycles. The molecular formula is C29H44F3N3O6. The summed E-state index contributed by atoms with van der Waals surface area (Å²) in [7, 11) is 2.94. The number of likely N-dealkylation sites (N-methyl/N-ethyl adjacent to an activating group) is 1. The van der Waals surface area contributed by atoms with Crippen LogP contribution in [0.5, 0.6) is 0 Å². The largest absolute Gasteiger partial charge is 0.444 e. The van der Waals surface area contributed by atoms with Gasteiger partial charge in [-0.3, -0.25) is 9.59 Å². The van der Waals surface area contributed by atoms with Crippen LogP contribution < -0.4 is 4.90 Å². The minimum Gasteiger partial charge on any atom is -0.444 e. The van der Waals surface area contributed by atoms with Crippen molar-refractivity contribution in [3.63, 3.8) is 0 Å². The van der Waals surface area contributed by atoms with Crippen molar-refractivity contribution in [2.24, 2.45) is 0 Å². The van der Waals surface area contributed by atoms with Gasteiger partial charge in [-0.05, 0) is 71.6 Å². The number of rotatable bonds is 11. The Bertz CT molecular complexity index is 1090. The zero-order chi connectivity index (χ0) is 31.3. The van der Waals surface area contributed by atoms with Crippen molar-refractivity contribution in [2.45, 2.75) is 97.2 Å². The Morgan fingerprint density at radius 2 is 1.78 bits per heavy atom. The molecule has 12 heteroatoms. The van der Waals surface area contributed by atoms with E-state index in [9.17, 15) is 32.7 Å². The molecule has 0 saturated carbocycles. The Morgan fingerprint density at radius 3 is 2.29 bits per heavy atom. The fourth-order valence-electron chi connectivity index (χ4n) is 4.91. The van der Waals surface area contributed by atoms with E-state index < -0.39 is 53.1 Å². The predicted octanol–water partition coefficient (Wildman–Crippen LogP) is 4.88. The van der Waals surface area contributed by atoms with Gasteiger partial charge in [0.05, 0.1) is 23.8 Å². The number of aliphatic hydroxyl groups excluding tert-OH is 1. The molecule has 0 aromatic heterocycles. The highest BCUT2D eigenvalue weighted by molar-refractivity contribution is 6.01. The third-order valence-electron chi connectivity index (χ3n) is 6.84. The van der Waals surface area contributed by atoms with E-state index >= 15 is 0 Å². The third-order valence-corrected chi connectivity index (χ3v) is 6.84. The van der Waals surface area contributed by atoms with Crippen molar-refractivity contribution >= 4 is 23.6 Å². The summed E-state index contributed by atoms with van der Waals surface area (Å²) >= 11 is 0. The van der Waals surface area contributed by atoms with Crippen LogP contribution in [-0.2, 0) is 26.9 Å². The number of anilines is 1. The molecule has 1 aliphatic rings. The number of alkyl halides is 3. The number of aliphatic hydroxyl groups is 1. The normalized spacial score (nSPS) is 15.4. The standard InChI is InChI=1S/C29H44F3N3O6/c1-9-20(16-33(7)27(39)41-28(4,5)6)35(18(2)3)26(38)22-15-24-19(14-23(22)29(30,31)32)10-11-25(37)34(24)13-12-21(36)17-40-8/h14-15,18,20-21,36H,9-13,16-17H2,1-8H3/t20-,21?/m1/s1. The van der Waals surface area contributed by atoms with Crippen LogP contribution in [0.15, 0.2) is 12.1 Å². The Hall–Kier alpha value is -2.86. The number of carbonyl (C=O) groups is 3. The molecule has 41 heavy (non-hydrogen) atoms. The Balaban J connectivity index is 2.54. The van der Waals surface area contributed by atoms with E-state index in [-0.39, 0.29) is 50.6 Å². The summed E-state index contributed by atoms with van der Waals surface area (Å²) in [5, 5.41) is 10.1. The van der Waals surface area contributed by atoms with Gasteiger partial charge in [0.1, 0.15) is 5.60 Å². The van der Waals surface area contributed by atoms with Crippen LogP contribution in [-0.4, -0.2) is 90.5 Å². The monoisotopic (exact) mass is 587 g/mol. The van der Waals surface area contributed by atoms with Gasteiger partial charge in [-0.1, -0.05) is 6.92 Å². The molecule has 232 valence electrons. The highest BCUT2D eigenvalue weighted by Crippen LogP contribution is 2.39. The fourth-order valence-corrected chi connectivity index (χ4v) is 4.91. The summed E-state index contributed by atoms with van der Waals surface area (Å²) in [5.41, 5.74) is -1.85. The lowest BCUT2D eigenvalue weighted by atomic mass is 9.93. The van der Waals surface area contributed by atoms with Crippen LogP contribution in [0.1, 0.15) is 82.3 Å². The van der Waals surface area contributed by atoms with E-state index in [1.807, 2.05) is 0 Å². The van der Waals surface area contributed by atoms with Gasteiger partial charge in [-0.25, -0.2) is 4.79 Å². The zero-order valence-corrected chi connectivity index (χ0v) is 25.3. The predicted molar refractivity (Wildman–Crippen MR) is 149 cm³/mol. The van der Waals surface area contributed by atoms with Crippen LogP contribution in [0.3, 0.4) is 0 Å². The average molecular weight is 588 g/mol. The third kappa shape index (κ3) is 9.06. The van der Waals surface area contributed by atoms with Crippen molar-refractivity contribution in [1.29, 1.82) is 0 Å². The topological polar surface area (TPSA) is 99.6 Å². The van der Waals surface area contributed by atoms with E-state index in [2.05, 4.69) is 0 Å². The van der Waals surface area contributed by atoms with Crippen molar-refractivity contribution in [3.05, 3.63) is 28.8 Å². The lowest BCUT2D eigenvalue weighted by Crippen LogP contribution is -2.51. The number of amides is 3. The number of ether oxygens (including phenoxy) is 2. The van der Waals surface area contributed by atoms with E-state index in [4.69, 9.17) is 9.47 Å². The van der Waals surface area contributed by atoms with Gasteiger partial charge < -0.3 is 29.3 Å². The number of nitrogens with zero attached hydrogens (tertiary/aromatic N) is 3. The number of carbonyl (C=O) groups excluding carboxylic acids is 3. The smallest absolute Gasteiger partial charge is 0.417 e. The van der Waals surface area contributed by atoms with Crippen LogP contribution in [0.2, 0.25) is 0 Å². The molecule has 1 aromatic carbocycles. The summed E-state index contributed by atoms with van der Waals surface area (Å²) in [6.45, 7) is 10.5. The van der Waals surface area contributed by atoms with Gasteiger partial charge in [0.25, 0.3) is 5.91 Å². The second kappa shape index (κ2) is 13.9. The van der Waals surface area contributed by atoms with Crippen LogP contribution >= 0.6 is 0 Å². The van der Waals surface area contributed by atoms with Crippen molar-refractivity contribution in [3.8, 4) is 0 Å². The Kier molecular flexibility index (Phi) is 11.6. The quantitative estimate of drug-likeness (QED) is 0.396. The highest BCUT2D eigenvalue weighted by Gasteiger charge is 2.40. The molecular weight excluding hydrogens is 543 g/mol. The molecule has 1 aliphatic heterocycles. The summed E-state index contributed by atoms with van der Waals surface area (Å²) in [6.07, 6.45) is -5.65. The molecule has 0 aliphatic carbocycles. The summed E-state index contributed by atoms with van der Waals surface area (Å²) in [4.78, 5) is 43.4. The minimum atomic E-state index is -4.82. The van der Waals surface area contributed by atoms with E-state index in [1.165, 1.54) is 28.9 Å². The number of benzene rings is 1. The van der Waals surface area contributed by atoms with Gasteiger partial charge in [-0.15, -0.1) is 0 Å². The number of methoxy groups -OCH3 is 1. The number of aryl methyl sites for hydroxylation is 1. The molecule has 1 N–H and O–H groups in total. The lowest BCUT2D eigenvalue weighted by molar-refractivity contribution is -0.138. The first kappa shape index (κ1) is 34.3. The van der Waals surface area contributed by atoms with Gasteiger partial charge in [0.15, 0.2) is 0 Å². The molecule has 0 spiro atoms. The van der Waals surface area contributed by atoms with Gasteiger partial charge in [-0.2, -0.15) is 13.2 Å². The first-order valence-electron chi connectivity index (χ1n) is 13.9. The number of hydrogen-bond donors (Lipinski definition) is 1. The van der Waals surface area contributed by atoms with Gasteiger partial charge in [0.2, 0.25) is 5.91 Å². The average Bonchev–Trinajstić information content (AvgIpc) is 2.85. The zero-order valence-electron chi connectivity index (χ0n) is 25.3. The summed E-state index contributed by atoms with van der Waals surface area (Å²) in [6, 6.07) is 0.998. The molecule has 2 atom stereocenters. The van der Waals surface area contributed by atoms with Crippen molar-refractivity contribution in [2.75, 3.05) is 38.8 Å². The van der Waals surface area contributed by atoms with E-state index in [1.54, 1.807) is 41.5 Å².